The molecule has 1 aliphatic heterocycles. The smallest absolute Gasteiger partial charge is 0.00129 e. The summed E-state index contributed by atoms with van der Waals surface area (Å²) in [5.74, 6) is 0.693. The zero-order valence-corrected chi connectivity index (χ0v) is 13.2. The summed E-state index contributed by atoms with van der Waals surface area (Å²) in [6.07, 6.45) is 6.75. The lowest BCUT2D eigenvalue weighted by Crippen LogP contribution is -2.31. The second-order valence-corrected chi connectivity index (χ2v) is 6.36. The number of piperidine rings is 1. The Morgan fingerprint density at radius 3 is 2.52 bits per heavy atom. The molecule has 0 spiro atoms. The first-order valence-electron chi connectivity index (χ1n) is 8.58. The second kappa shape index (κ2) is 7.09. The molecule has 1 fully saturated rings. The van der Waals surface area contributed by atoms with Crippen molar-refractivity contribution in [1.82, 2.24) is 4.90 Å². The van der Waals surface area contributed by atoms with E-state index < -0.39 is 0 Å². The summed E-state index contributed by atoms with van der Waals surface area (Å²) in [6.45, 7) is 6.22. The molecule has 1 atom stereocenters. The third-order valence-electron chi connectivity index (χ3n) is 5.00. The van der Waals surface area contributed by atoms with Gasteiger partial charge in [0, 0.05) is 0 Å². The van der Waals surface area contributed by atoms with Crippen molar-refractivity contribution in [2.45, 2.75) is 44.9 Å². The molecule has 1 heteroatoms. The minimum Gasteiger partial charge on any atom is -0.303 e. The molecule has 0 amide bonds. The first-order valence-corrected chi connectivity index (χ1v) is 8.58. The van der Waals surface area contributed by atoms with Crippen LogP contribution in [0.4, 0.5) is 0 Å². The Labute approximate surface area is 129 Å². The summed E-state index contributed by atoms with van der Waals surface area (Å²) in [4.78, 5) is 2.66. The van der Waals surface area contributed by atoms with Gasteiger partial charge in [-0.25, -0.2) is 0 Å². The van der Waals surface area contributed by atoms with Gasteiger partial charge in [0.15, 0.2) is 0 Å². The van der Waals surface area contributed by atoms with Crippen LogP contribution < -0.4 is 0 Å². The Kier molecular flexibility index (Phi) is 4.92. The highest BCUT2D eigenvalue weighted by Gasteiger charge is 2.15. The molecule has 2 aromatic carbocycles. The van der Waals surface area contributed by atoms with Gasteiger partial charge in [-0.3, -0.25) is 0 Å². The molecular formula is C20H27N. The number of benzene rings is 2. The molecule has 0 unspecified atom stereocenters. The summed E-state index contributed by atoms with van der Waals surface area (Å²) in [5.41, 5.74) is 1.55. The highest BCUT2D eigenvalue weighted by Crippen LogP contribution is 2.30. The largest absolute Gasteiger partial charge is 0.303 e. The van der Waals surface area contributed by atoms with Crippen LogP contribution in [0.25, 0.3) is 10.8 Å². The van der Waals surface area contributed by atoms with E-state index in [-0.39, 0.29) is 0 Å². The molecule has 1 nitrogen and oxygen atoms in total. The quantitative estimate of drug-likeness (QED) is 0.727. The van der Waals surface area contributed by atoms with Gasteiger partial charge < -0.3 is 4.90 Å². The first kappa shape index (κ1) is 14.6. The molecule has 0 aliphatic carbocycles. The summed E-state index contributed by atoms with van der Waals surface area (Å²) in [7, 11) is 0. The van der Waals surface area contributed by atoms with Crippen LogP contribution in [0.15, 0.2) is 42.5 Å². The Balaban J connectivity index is 1.75. The zero-order chi connectivity index (χ0) is 14.5. The van der Waals surface area contributed by atoms with E-state index >= 15 is 0 Å². The number of hydrogen-bond acceptors (Lipinski definition) is 1. The molecule has 3 rings (SSSR count). The van der Waals surface area contributed by atoms with E-state index in [1.165, 1.54) is 62.5 Å². The minimum atomic E-state index is 0.693. The number of rotatable bonds is 5. The van der Waals surface area contributed by atoms with Crippen LogP contribution in [-0.4, -0.2) is 24.5 Å². The van der Waals surface area contributed by atoms with Gasteiger partial charge in [0.2, 0.25) is 0 Å². The van der Waals surface area contributed by atoms with E-state index in [1.807, 2.05) is 0 Å². The summed E-state index contributed by atoms with van der Waals surface area (Å²) in [5, 5.41) is 2.83. The molecule has 0 saturated carbocycles. The van der Waals surface area contributed by atoms with Crippen LogP contribution in [0.2, 0.25) is 0 Å². The van der Waals surface area contributed by atoms with Crippen LogP contribution in [0.3, 0.4) is 0 Å². The van der Waals surface area contributed by atoms with Crippen molar-refractivity contribution in [3.8, 4) is 0 Å². The second-order valence-electron chi connectivity index (χ2n) is 6.36. The van der Waals surface area contributed by atoms with Crippen LogP contribution >= 0.6 is 0 Å². The average Bonchev–Trinajstić information content (AvgIpc) is 2.56. The van der Waals surface area contributed by atoms with Crippen molar-refractivity contribution in [3.63, 3.8) is 0 Å². The molecule has 0 N–H and O–H groups in total. The topological polar surface area (TPSA) is 3.24 Å². The Hall–Kier alpha value is -1.34. The molecule has 0 aromatic heterocycles. The van der Waals surface area contributed by atoms with Gasteiger partial charge in [-0.15, -0.1) is 0 Å². The van der Waals surface area contributed by atoms with Gasteiger partial charge in [0.25, 0.3) is 0 Å². The molecule has 1 saturated heterocycles. The number of nitrogens with zero attached hydrogens (tertiary/aromatic N) is 1. The average molecular weight is 281 g/mol. The molecule has 2 aromatic rings. The van der Waals surface area contributed by atoms with Gasteiger partial charge in [-0.1, -0.05) is 55.8 Å². The summed E-state index contributed by atoms with van der Waals surface area (Å²) in [6, 6.07) is 15.6. The molecule has 1 aliphatic rings. The maximum atomic E-state index is 2.66. The van der Waals surface area contributed by atoms with Crippen molar-refractivity contribution in [2.75, 3.05) is 19.6 Å². The van der Waals surface area contributed by atoms with E-state index in [0.29, 0.717) is 5.92 Å². The fourth-order valence-corrected chi connectivity index (χ4v) is 3.71. The molecule has 1 heterocycles. The first-order chi connectivity index (χ1) is 10.4. The monoisotopic (exact) mass is 281 g/mol. The maximum absolute atomic E-state index is 2.66. The number of fused-ring (bicyclic) bond motifs is 1. The number of hydrogen-bond donors (Lipinski definition) is 0. The van der Waals surface area contributed by atoms with Crippen molar-refractivity contribution in [3.05, 3.63) is 48.0 Å². The lowest BCUT2D eigenvalue weighted by Gasteiger charge is -2.28. The SMILES string of the molecule is CC[C@@H](CCN1CCCCC1)c1cccc2ccccc12. The highest BCUT2D eigenvalue weighted by atomic mass is 15.1. The predicted octanol–water partition coefficient (Wildman–Crippen LogP) is 5.21. The fraction of sp³-hybridized carbons (Fsp3) is 0.500. The third-order valence-corrected chi connectivity index (χ3v) is 5.00. The van der Waals surface area contributed by atoms with Crippen molar-refractivity contribution in [1.29, 1.82) is 0 Å². The Bertz CT molecular complexity index is 564. The van der Waals surface area contributed by atoms with Gasteiger partial charge in [-0.05, 0) is 67.6 Å². The van der Waals surface area contributed by atoms with Crippen molar-refractivity contribution in [2.24, 2.45) is 0 Å². The summed E-state index contributed by atoms with van der Waals surface area (Å²) < 4.78 is 0. The van der Waals surface area contributed by atoms with E-state index in [2.05, 4.69) is 54.3 Å². The van der Waals surface area contributed by atoms with Gasteiger partial charge in [0.1, 0.15) is 0 Å². The van der Waals surface area contributed by atoms with Gasteiger partial charge >= 0.3 is 0 Å². The summed E-state index contributed by atoms with van der Waals surface area (Å²) >= 11 is 0. The van der Waals surface area contributed by atoms with Gasteiger partial charge in [0.05, 0.1) is 0 Å². The number of likely N-dealkylation sites (tertiary alicyclic amines) is 1. The van der Waals surface area contributed by atoms with Crippen LogP contribution in [0.5, 0.6) is 0 Å². The molecule has 21 heavy (non-hydrogen) atoms. The lowest BCUT2D eigenvalue weighted by molar-refractivity contribution is 0.220. The zero-order valence-electron chi connectivity index (χ0n) is 13.2. The predicted molar refractivity (Wildman–Crippen MR) is 91.9 cm³/mol. The highest BCUT2D eigenvalue weighted by molar-refractivity contribution is 5.86. The van der Waals surface area contributed by atoms with E-state index in [1.54, 1.807) is 5.56 Å². The van der Waals surface area contributed by atoms with Crippen LogP contribution in [0, 0.1) is 0 Å². The van der Waals surface area contributed by atoms with Crippen molar-refractivity contribution < 1.29 is 0 Å². The van der Waals surface area contributed by atoms with E-state index in [9.17, 15) is 0 Å². The van der Waals surface area contributed by atoms with Gasteiger partial charge in [-0.2, -0.15) is 0 Å². The molecular weight excluding hydrogens is 254 g/mol. The molecule has 0 bridgehead atoms. The Morgan fingerprint density at radius 1 is 0.952 bits per heavy atom. The fourth-order valence-electron chi connectivity index (χ4n) is 3.71. The van der Waals surface area contributed by atoms with E-state index in [0.717, 1.165) is 0 Å². The standard InChI is InChI=1S/C20H27N/c1-2-17(13-16-21-14-6-3-7-15-21)19-12-8-10-18-9-4-5-11-20(18)19/h4-5,8-12,17H,2-3,6-7,13-16H2,1H3/t17-/m0/s1. The van der Waals surface area contributed by atoms with Crippen molar-refractivity contribution >= 4 is 10.8 Å². The molecule has 112 valence electrons. The lowest BCUT2D eigenvalue weighted by atomic mass is 9.89. The van der Waals surface area contributed by atoms with Crippen LogP contribution in [-0.2, 0) is 0 Å². The van der Waals surface area contributed by atoms with Crippen LogP contribution in [0.1, 0.15) is 50.5 Å². The third kappa shape index (κ3) is 3.47. The van der Waals surface area contributed by atoms with E-state index in [4.69, 9.17) is 0 Å². The minimum absolute atomic E-state index is 0.693. The molecule has 0 radical (unpaired) electrons. The Morgan fingerprint density at radius 2 is 1.71 bits per heavy atom. The normalized spacial score (nSPS) is 18.0. The maximum Gasteiger partial charge on any atom is -0.00129 e.